The molecule has 136 valence electrons. The third kappa shape index (κ3) is 2.94. The monoisotopic (exact) mass is 384 g/mol. The normalized spacial score (nSPS) is 20.0. The third-order valence-corrected chi connectivity index (χ3v) is 6.01. The summed E-state index contributed by atoms with van der Waals surface area (Å²) in [6, 6.07) is 17.2. The summed E-state index contributed by atoms with van der Waals surface area (Å²) in [4.78, 5) is 17.5. The molecular weight excluding hydrogens is 368 g/mol. The summed E-state index contributed by atoms with van der Waals surface area (Å²) in [7, 11) is 0. The SMILES string of the molecule is CC1(C(=O)Nc2nccs2)Cc2ccc(C#N)cc2C1c1ccc(C#N)cc1. The van der Waals surface area contributed by atoms with Crippen LogP contribution in [0.1, 0.15) is 40.7 Å². The molecule has 0 fully saturated rings. The number of nitriles is 2. The molecule has 6 heteroatoms. The first kappa shape index (κ1) is 17.9. The number of benzene rings is 2. The Morgan fingerprint density at radius 1 is 1.18 bits per heavy atom. The maximum Gasteiger partial charge on any atom is 0.233 e. The zero-order valence-corrected chi connectivity index (χ0v) is 16.0. The molecule has 2 unspecified atom stereocenters. The predicted molar refractivity (Wildman–Crippen MR) is 107 cm³/mol. The Kier molecular flexibility index (Phi) is 4.43. The van der Waals surface area contributed by atoms with E-state index in [-0.39, 0.29) is 11.8 Å². The number of fused-ring (bicyclic) bond motifs is 1. The Morgan fingerprint density at radius 3 is 2.54 bits per heavy atom. The highest BCUT2D eigenvalue weighted by molar-refractivity contribution is 7.13. The van der Waals surface area contributed by atoms with Gasteiger partial charge in [0, 0.05) is 17.5 Å². The molecule has 0 saturated heterocycles. The van der Waals surface area contributed by atoms with Gasteiger partial charge in [-0.15, -0.1) is 11.3 Å². The van der Waals surface area contributed by atoms with Crippen LogP contribution in [0.3, 0.4) is 0 Å². The van der Waals surface area contributed by atoms with E-state index < -0.39 is 5.41 Å². The molecule has 4 rings (SSSR count). The Labute approximate surface area is 166 Å². The van der Waals surface area contributed by atoms with Crippen LogP contribution >= 0.6 is 11.3 Å². The molecule has 1 aromatic heterocycles. The molecule has 3 aromatic rings. The lowest BCUT2D eigenvalue weighted by Crippen LogP contribution is -2.37. The van der Waals surface area contributed by atoms with E-state index in [0.717, 1.165) is 16.7 Å². The molecule has 2 aromatic carbocycles. The van der Waals surface area contributed by atoms with Gasteiger partial charge in [0.2, 0.25) is 5.91 Å². The van der Waals surface area contributed by atoms with Crippen molar-refractivity contribution in [2.24, 2.45) is 5.41 Å². The average molecular weight is 384 g/mol. The molecule has 1 heterocycles. The van der Waals surface area contributed by atoms with E-state index in [1.807, 2.05) is 36.6 Å². The summed E-state index contributed by atoms with van der Waals surface area (Å²) >= 11 is 1.38. The van der Waals surface area contributed by atoms with Crippen LogP contribution in [0.4, 0.5) is 5.13 Å². The number of hydrogen-bond donors (Lipinski definition) is 1. The zero-order chi connectivity index (χ0) is 19.7. The van der Waals surface area contributed by atoms with Gasteiger partial charge in [0.25, 0.3) is 0 Å². The number of anilines is 1. The van der Waals surface area contributed by atoms with Crippen LogP contribution < -0.4 is 5.32 Å². The van der Waals surface area contributed by atoms with E-state index >= 15 is 0 Å². The van der Waals surface area contributed by atoms with Crippen molar-refractivity contribution >= 4 is 22.4 Å². The standard InChI is InChI=1S/C22H16N4OS/c1-22(20(27)26-21-25-8-9-28-21)11-17-7-4-15(13-24)10-18(17)19(22)16-5-2-14(12-23)3-6-16/h2-10,19H,11H2,1H3,(H,25,26,27). The molecule has 5 nitrogen and oxygen atoms in total. The fraction of sp³-hybridized carbons (Fsp3) is 0.182. The van der Waals surface area contributed by atoms with E-state index in [1.54, 1.807) is 24.4 Å². The Balaban J connectivity index is 1.81. The van der Waals surface area contributed by atoms with Crippen LogP contribution in [-0.2, 0) is 11.2 Å². The minimum Gasteiger partial charge on any atom is -0.301 e. The van der Waals surface area contributed by atoms with Gasteiger partial charge in [-0.25, -0.2) is 4.98 Å². The predicted octanol–water partition coefficient (Wildman–Crippen LogP) is 4.22. The second-order valence-corrected chi connectivity index (χ2v) is 7.97. The van der Waals surface area contributed by atoms with Crippen molar-refractivity contribution in [3.8, 4) is 12.1 Å². The largest absolute Gasteiger partial charge is 0.301 e. The van der Waals surface area contributed by atoms with E-state index in [4.69, 9.17) is 5.26 Å². The fourth-order valence-electron chi connectivity index (χ4n) is 3.97. The van der Waals surface area contributed by atoms with E-state index in [1.165, 1.54) is 11.3 Å². The number of nitrogens with one attached hydrogen (secondary N) is 1. The van der Waals surface area contributed by atoms with Gasteiger partial charge in [0.1, 0.15) is 0 Å². The average Bonchev–Trinajstić information content (AvgIpc) is 3.33. The van der Waals surface area contributed by atoms with Gasteiger partial charge in [-0.2, -0.15) is 10.5 Å². The van der Waals surface area contributed by atoms with Gasteiger partial charge in [0.05, 0.1) is 28.7 Å². The zero-order valence-electron chi connectivity index (χ0n) is 15.1. The fourth-order valence-corrected chi connectivity index (χ4v) is 4.49. The molecule has 0 bridgehead atoms. The second-order valence-electron chi connectivity index (χ2n) is 7.08. The van der Waals surface area contributed by atoms with Gasteiger partial charge >= 0.3 is 0 Å². The smallest absolute Gasteiger partial charge is 0.233 e. The number of carbonyl (C=O) groups is 1. The van der Waals surface area contributed by atoms with Gasteiger partial charge in [0.15, 0.2) is 5.13 Å². The minimum atomic E-state index is -0.740. The molecule has 0 aliphatic heterocycles. The first-order chi connectivity index (χ1) is 13.5. The summed E-state index contributed by atoms with van der Waals surface area (Å²) in [5, 5.41) is 23.8. The Bertz CT molecular complexity index is 1120. The van der Waals surface area contributed by atoms with Gasteiger partial charge < -0.3 is 5.32 Å². The summed E-state index contributed by atoms with van der Waals surface area (Å²) in [5.41, 5.74) is 3.40. The number of rotatable bonds is 3. The summed E-state index contributed by atoms with van der Waals surface area (Å²) in [5.74, 6) is -0.324. The number of hydrogen-bond acceptors (Lipinski definition) is 5. The number of amides is 1. The lowest BCUT2D eigenvalue weighted by atomic mass is 9.73. The Morgan fingerprint density at radius 2 is 1.89 bits per heavy atom. The topological polar surface area (TPSA) is 89.6 Å². The Hall–Kier alpha value is -3.48. The third-order valence-electron chi connectivity index (χ3n) is 5.33. The highest BCUT2D eigenvalue weighted by atomic mass is 32.1. The molecule has 28 heavy (non-hydrogen) atoms. The first-order valence-corrected chi connectivity index (χ1v) is 9.67. The van der Waals surface area contributed by atoms with Crippen molar-refractivity contribution in [2.45, 2.75) is 19.3 Å². The molecule has 0 saturated carbocycles. The highest BCUT2D eigenvalue weighted by Gasteiger charge is 2.49. The molecule has 1 aliphatic rings. The summed E-state index contributed by atoms with van der Waals surface area (Å²) < 4.78 is 0. The van der Waals surface area contributed by atoms with Crippen molar-refractivity contribution in [3.63, 3.8) is 0 Å². The number of aromatic nitrogens is 1. The van der Waals surface area contributed by atoms with Crippen molar-refractivity contribution in [1.29, 1.82) is 10.5 Å². The summed E-state index contributed by atoms with van der Waals surface area (Å²) in [6.07, 6.45) is 2.22. The first-order valence-electron chi connectivity index (χ1n) is 8.79. The quantitative estimate of drug-likeness (QED) is 0.732. The van der Waals surface area contributed by atoms with Gasteiger partial charge in [-0.1, -0.05) is 18.2 Å². The van der Waals surface area contributed by atoms with Gasteiger partial charge in [-0.3, -0.25) is 4.79 Å². The van der Waals surface area contributed by atoms with Crippen molar-refractivity contribution in [3.05, 3.63) is 81.9 Å². The van der Waals surface area contributed by atoms with Crippen LogP contribution in [0.15, 0.2) is 54.0 Å². The molecule has 2 atom stereocenters. The van der Waals surface area contributed by atoms with Crippen LogP contribution in [0.5, 0.6) is 0 Å². The van der Waals surface area contributed by atoms with Crippen molar-refractivity contribution in [1.82, 2.24) is 4.98 Å². The molecule has 1 amide bonds. The number of carbonyl (C=O) groups excluding carboxylic acids is 1. The van der Waals surface area contributed by atoms with Crippen molar-refractivity contribution in [2.75, 3.05) is 5.32 Å². The van der Waals surface area contributed by atoms with E-state index in [0.29, 0.717) is 22.7 Å². The van der Waals surface area contributed by atoms with Crippen LogP contribution in [0.25, 0.3) is 0 Å². The van der Waals surface area contributed by atoms with E-state index in [2.05, 4.69) is 22.4 Å². The maximum atomic E-state index is 13.3. The maximum absolute atomic E-state index is 13.3. The molecule has 1 aliphatic carbocycles. The molecule has 0 radical (unpaired) electrons. The van der Waals surface area contributed by atoms with Crippen molar-refractivity contribution < 1.29 is 4.79 Å². The number of thiazole rings is 1. The summed E-state index contributed by atoms with van der Waals surface area (Å²) in [6.45, 7) is 1.95. The lowest BCUT2D eigenvalue weighted by Gasteiger charge is -2.31. The molecule has 1 N–H and O–H groups in total. The minimum absolute atomic E-state index is 0.105. The second kappa shape index (κ2) is 6.92. The van der Waals surface area contributed by atoms with Gasteiger partial charge in [-0.05, 0) is 54.3 Å². The van der Waals surface area contributed by atoms with Crippen LogP contribution in [-0.4, -0.2) is 10.9 Å². The molecular formula is C22H16N4OS. The van der Waals surface area contributed by atoms with E-state index in [9.17, 15) is 10.1 Å². The molecule has 0 spiro atoms. The van der Waals surface area contributed by atoms with Crippen LogP contribution in [0.2, 0.25) is 0 Å². The number of nitrogens with zero attached hydrogens (tertiary/aromatic N) is 3. The lowest BCUT2D eigenvalue weighted by molar-refractivity contribution is -0.125. The highest BCUT2D eigenvalue weighted by Crippen LogP contribution is 2.51. The van der Waals surface area contributed by atoms with Crippen LogP contribution in [0, 0.1) is 28.1 Å².